The molecule has 0 aliphatic rings. The first-order valence-electron chi connectivity index (χ1n) is 1.97. The Kier molecular flexibility index (Phi) is 1.29. The van der Waals surface area contributed by atoms with Gasteiger partial charge in [0.05, 0.1) is 11.5 Å². The highest BCUT2D eigenvalue weighted by atomic mass is 32.1. The molecule has 5 heteroatoms. The highest BCUT2D eigenvalue weighted by Gasteiger charge is 1.93. The third-order valence-corrected chi connectivity index (χ3v) is 1.09. The van der Waals surface area contributed by atoms with Crippen molar-refractivity contribution in [3.05, 3.63) is 9.73 Å². The summed E-state index contributed by atoms with van der Waals surface area (Å²) in [7, 11) is 1.64. The maximum Gasteiger partial charge on any atom is 0.415 e. The normalized spacial score (nSPS) is 9.12. The Balaban J connectivity index is 3.01. The molecule has 0 amide bonds. The highest BCUT2D eigenvalue weighted by Crippen LogP contribution is 1.96. The second kappa shape index (κ2) is 1.95. The van der Waals surface area contributed by atoms with Crippen molar-refractivity contribution in [1.82, 2.24) is 4.37 Å². The number of anilines is 1. The average molecular weight is 132 g/mol. The lowest BCUT2D eigenvalue weighted by atomic mass is 11.1. The van der Waals surface area contributed by atoms with Crippen molar-refractivity contribution in [3.8, 4) is 0 Å². The lowest BCUT2D eigenvalue weighted by Gasteiger charge is -1.81. The van der Waals surface area contributed by atoms with Gasteiger partial charge in [-0.2, -0.15) is 0 Å². The van der Waals surface area contributed by atoms with Gasteiger partial charge in [-0.1, -0.05) is 0 Å². The van der Waals surface area contributed by atoms with Crippen LogP contribution >= 0.6 is 11.5 Å². The smallest absolute Gasteiger partial charge is 0.379 e. The van der Waals surface area contributed by atoms with Gasteiger partial charge in [-0.05, 0) is 0 Å². The molecule has 8 heavy (non-hydrogen) atoms. The first kappa shape index (κ1) is 5.30. The Morgan fingerprint density at radius 3 is 2.88 bits per heavy atom. The van der Waals surface area contributed by atoms with Gasteiger partial charge >= 0.3 is 11.0 Å². The van der Waals surface area contributed by atoms with Gasteiger partial charge in [0.25, 0.3) is 0 Å². The van der Waals surface area contributed by atoms with Crippen LogP contribution in [0.5, 0.6) is 0 Å². The van der Waals surface area contributed by atoms with E-state index in [0.717, 1.165) is 11.5 Å². The maximum atomic E-state index is 10.2. The fraction of sp³-hybridized carbons (Fsp3) is 0.333. The van der Waals surface area contributed by atoms with Crippen LogP contribution in [0.4, 0.5) is 6.01 Å². The van der Waals surface area contributed by atoms with E-state index < -0.39 is 0 Å². The molecule has 0 spiro atoms. The van der Waals surface area contributed by atoms with E-state index >= 15 is 0 Å². The van der Waals surface area contributed by atoms with Gasteiger partial charge in [0.2, 0.25) is 0 Å². The van der Waals surface area contributed by atoms with Crippen molar-refractivity contribution in [2.75, 3.05) is 12.4 Å². The molecular formula is C3H4N2O2S. The first-order chi connectivity index (χ1) is 3.83. The van der Waals surface area contributed by atoms with Crippen molar-refractivity contribution < 1.29 is 4.42 Å². The lowest BCUT2D eigenvalue weighted by molar-refractivity contribution is 0.544. The van der Waals surface area contributed by atoms with Crippen molar-refractivity contribution >= 4 is 17.5 Å². The summed E-state index contributed by atoms with van der Waals surface area (Å²) in [6.45, 7) is 0. The number of hydrogen-bond acceptors (Lipinski definition) is 5. The number of nitrogens with zero attached hydrogens (tertiary/aromatic N) is 1. The molecule has 0 radical (unpaired) electrons. The molecule has 1 heterocycles. The lowest BCUT2D eigenvalue weighted by Crippen LogP contribution is -1.87. The Bertz CT molecular complexity index is 215. The molecule has 0 aliphatic carbocycles. The van der Waals surface area contributed by atoms with Crippen LogP contribution in [0.25, 0.3) is 0 Å². The van der Waals surface area contributed by atoms with Crippen molar-refractivity contribution in [3.63, 3.8) is 0 Å². The summed E-state index contributed by atoms with van der Waals surface area (Å²) in [4.78, 5) is 9.82. The molecule has 0 unspecified atom stereocenters. The molecule has 0 aromatic carbocycles. The van der Waals surface area contributed by atoms with Crippen LogP contribution < -0.4 is 10.3 Å². The number of hydrogen-bond donors (Lipinski definition) is 1. The molecule has 4 nitrogen and oxygen atoms in total. The molecule has 1 N–H and O–H groups in total. The molecular weight excluding hydrogens is 128 g/mol. The zero-order valence-electron chi connectivity index (χ0n) is 4.17. The van der Waals surface area contributed by atoms with E-state index in [0.29, 0.717) is 0 Å². The second-order valence-electron chi connectivity index (χ2n) is 1.09. The van der Waals surface area contributed by atoms with Crippen LogP contribution in [-0.4, -0.2) is 11.4 Å². The van der Waals surface area contributed by atoms with Gasteiger partial charge < -0.3 is 9.73 Å². The minimum absolute atomic E-state index is 0.278. The van der Waals surface area contributed by atoms with Crippen LogP contribution in [0, 0.1) is 0 Å². The largest absolute Gasteiger partial charge is 0.415 e. The van der Waals surface area contributed by atoms with Crippen LogP contribution in [-0.2, 0) is 0 Å². The molecule has 0 atom stereocenters. The Hall–Kier alpha value is -0.840. The minimum Gasteiger partial charge on any atom is -0.379 e. The van der Waals surface area contributed by atoms with E-state index in [4.69, 9.17) is 0 Å². The van der Waals surface area contributed by atoms with Crippen molar-refractivity contribution in [2.24, 2.45) is 0 Å². The van der Waals surface area contributed by atoms with Crippen LogP contribution in [0.15, 0.2) is 9.21 Å². The van der Waals surface area contributed by atoms with E-state index in [1.807, 2.05) is 0 Å². The zero-order chi connectivity index (χ0) is 5.98. The fourth-order valence-corrected chi connectivity index (χ4v) is 0.694. The maximum absolute atomic E-state index is 10.2. The van der Waals surface area contributed by atoms with E-state index in [2.05, 4.69) is 14.1 Å². The molecule has 1 rings (SSSR count). The van der Waals surface area contributed by atoms with Gasteiger partial charge in [-0.25, -0.2) is 4.79 Å². The molecule has 0 bridgehead atoms. The Morgan fingerprint density at radius 2 is 2.62 bits per heavy atom. The predicted molar refractivity (Wildman–Crippen MR) is 30.2 cm³/mol. The fourth-order valence-electron chi connectivity index (χ4n) is 0.292. The highest BCUT2D eigenvalue weighted by molar-refractivity contribution is 7.02. The van der Waals surface area contributed by atoms with Gasteiger partial charge in [0, 0.05) is 7.05 Å². The van der Waals surface area contributed by atoms with Crippen LogP contribution in [0.3, 0.4) is 0 Å². The predicted octanol–water partition coefficient (Wildman–Crippen LogP) is 0.138. The van der Waals surface area contributed by atoms with E-state index in [1.54, 1.807) is 7.05 Å². The van der Waals surface area contributed by atoms with Crippen molar-refractivity contribution in [1.29, 1.82) is 0 Å². The molecule has 0 aliphatic heterocycles. The van der Waals surface area contributed by atoms with Crippen LogP contribution in [0.1, 0.15) is 0 Å². The molecule has 1 aromatic rings. The summed E-state index contributed by atoms with van der Waals surface area (Å²) in [5, 5.41) is 2.58. The standard InChI is InChI=1S/C3H4N2O2S/c1-4-2-5-8-3(6)7-2/h1H3,(H,4,5). The van der Waals surface area contributed by atoms with Gasteiger partial charge in [0.15, 0.2) is 0 Å². The Morgan fingerprint density at radius 1 is 1.88 bits per heavy atom. The molecule has 0 saturated carbocycles. The summed E-state index contributed by atoms with van der Waals surface area (Å²) in [6, 6.07) is 0.278. The molecule has 44 valence electrons. The van der Waals surface area contributed by atoms with Gasteiger partial charge in [-0.15, -0.1) is 4.37 Å². The minimum atomic E-state index is -0.380. The number of rotatable bonds is 1. The summed E-state index contributed by atoms with van der Waals surface area (Å²) in [6.07, 6.45) is 0. The first-order valence-corrected chi connectivity index (χ1v) is 2.75. The number of aromatic nitrogens is 1. The number of nitrogens with one attached hydrogen (secondary N) is 1. The summed E-state index contributed by atoms with van der Waals surface area (Å²) >= 11 is 0.794. The average Bonchev–Trinajstić information content (AvgIpc) is 2.14. The molecule has 0 saturated heterocycles. The molecule has 1 aromatic heterocycles. The third-order valence-electron chi connectivity index (χ3n) is 0.597. The van der Waals surface area contributed by atoms with Gasteiger partial charge in [-0.3, -0.25) is 0 Å². The summed E-state index contributed by atoms with van der Waals surface area (Å²) in [5.74, 6) is 0. The topological polar surface area (TPSA) is 55.1 Å². The quantitative estimate of drug-likeness (QED) is 0.590. The van der Waals surface area contributed by atoms with Gasteiger partial charge in [0.1, 0.15) is 0 Å². The van der Waals surface area contributed by atoms with E-state index in [9.17, 15) is 4.79 Å². The summed E-state index contributed by atoms with van der Waals surface area (Å²) in [5.41, 5.74) is 0. The second-order valence-corrected chi connectivity index (χ2v) is 1.79. The SMILES string of the molecule is CNc1nsc(=O)o1. The summed E-state index contributed by atoms with van der Waals surface area (Å²) < 4.78 is 8.06. The zero-order valence-corrected chi connectivity index (χ0v) is 4.99. The van der Waals surface area contributed by atoms with E-state index in [1.165, 1.54) is 0 Å². The third kappa shape index (κ3) is 0.865. The van der Waals surface area contributed by atoms with Crippen LogP contribution in [0.2, 0.25) is 0 Å². The molecule has 0 fully saturated rings. The monoisotopic (exact) mass is 132 g/mol. The van der Waals surface area contributed by atoms with Crippen molar-refractivity contribution in [2.45, 2.75) is 0 Å². The Labute approximate surface area is 49.3 Å². The van der Waals surface area contributed by atoms with E-state index in [-0.39, 0.29) is 11.0 Å².